The van der Waals surface area contributed by atoms with Crippen LogP contribution in [0.25, 0.3) is 0 Å². The average molecular weight is 463 g/mol. The highest BCUT2D eigenvalue weighted by Gasteiger charge is 2.31. The number of methoxy groups -OCH3 is 1. The van der Waals surface area contributed by atoms with Crippen LogP contribution in [0, 0.1) is 5.92 Å². The van der Waals surface area contributed by atoms with Gasteiger partial charge in [-0.15, -0.1) is 11.3 Å². The summed E-state index contributed by atoms with van der Waals surface area (Å²) >= 11 is 1.51. The van der Waals surface area contributed by atoms with Gasteiger partial charge in [-0.25, -0.2) is 4.79 Å². The maximum Gasteiger partial charge on any atom is 0.341 e. The van der Waals surface area contributed by atoms with Gasteiger partial charge in [-0.1, -0.05) is 6.92 Å². The molecule has 1 aliphatic heterocycles. The number of piperazine rings is 1. The fourth-order valence-electron chi connectivity index (χ4n) is 4.55. The SMILES string of the molecule is COC(=O)c1c(NC(=O)CN2CCN(C(C)C(=O)NC3CC3)CC2)sc2c1CCC(C)C2. The van der Waals surface area contributed by atoms with E-state index in [0.717, 1.165) is 63.8 Å². The molecule has 2 fully saturated rings. The molecule has 9 heteroatoms. The van der Waals surface area contributed by atoms with E-state index < -0.39 is 0 Å². The molecule has 1 saturated carbocycles. The Morgan fingerprint density at radius 2 is 1.88 bits per heavy atom. The van der Waals surface area contributed by atoms with E-state index in [1.54, 1.807) is 0 Å². The number of thiophene rings is 1. The Balaban J connectivity index is 1.31. The van der Waals surface area contributed by atoms with Crippen LogP contribution in [-0.4, -0.2) is 79.5 Å². The summed E-state index contributed by atoms with van der Waals surface area (Å²) in [5.74, 6) is 0.194. The third-order valence-electron chi connectivity index (χ3n) is 6.78. The van der Waals surface area contributed by atoms with Crippen molar-refractivity contribution in [3.8, 4) is 0 Å². The minimum Gasteiger partial charge on any atom is -0.465 e. The molecule has 2 heterocycles. The largest absolute Gasteiger partial charge is 0.465 e. The fourth-order valence-corrected chi connectivity index (χ4v) is 5.97. The number of amides is 2. The van der Waals surface area contributed by atoms with Gasteiger partial charge in [-0.3, -0.25) is 19.4 Å². The Bertz CT molecular complexity index is 874. The average Bonchev–Trinajstić information content (AvgIpc) is 3.52. The number of hydrogen-bond donors (Lipinski definition) is 2. The van der Waals surface area contributed by atoms with Crippen molar-refractivity contribution in [1.82, 2.24) is 15.1 Å². The van der Waals surface area contributed by atoms with Crippen molar-refractivity contribution in [2.75, 3.05) is 45.2 Å². The molecule has 2 amide bonds. The van der Waals surface area contributed by atoms with Crippen LogP contribution < -0.4 is 10.6 Å². The first-order chi connectivity index (χ1) is 15.4. The maximum absolute atomic E-state index is 12.8. The van der Waals surface area contributed by atoms with Crippen LogP contribution >= 0.6 is 11.3 Å². The van der Waals surface area contributed by atoms with Crippen LogP contribution in [0.2, 0.25) is 0 Å². The molecule has 4 rings (SSSR count). The molecule has 3 aliphatic rings. The number of carbonyl (C=O) groups is 3. The first-order valence-electron chi connectivity index (χ1n) is 11.6. The summed E-state index contributed by atoms with van der Waals surface area (Å²) in [5, 5.41) is 6.67. The lowest BCUT2D eigenvalue weighted by atomic mass is 9.88. The fraction of sp³-hybridized carbons (Fsp3) is 0.696. The van der Waals surface area contributed by atoms with Crippen LogP contribution in [0.1, 0.15) is 53.9 Å². The maximum atomic E-state index is 12.8. The molecule has 0 spiro atoms. The first kappa shape index (κ1) is 23.2. The van der Waals surface area contributed by atoms with Gasteiger partial charge in [0.25, 0.3) is 0 Å². The third kappa shape index (κ3) is 5.32. The smallest absolute Gasteiger partial charge is 0.341 e. The number of nitrogens with zero attached hydrogens (tertiary/aromatic N) is 2. The summed E-state index contributed by atoms with van der Waals surface area (Å²) in [6.45, 7) is 7.42. The summed E-state index contributed by atoms with van der Waals surface area (Å²) in [7, 11) is 1.38. The van der Waals surface area contributed by atoms with Gasteiger partial charge in [0, 0.05) is 37.1 Å². The highest BCUT2D eigenvalue weighted by atomic mass is 32.1. The number of nitrogens with one attached hydrogen (secondary N) is 2. The molecule has 2 atom stereocenters. The quantitative estimate of drug-likeness (QED) is 0.602. The molecule has 1 aromatic rings. The summed E-state index contributed by atoms with van der Waals surface area (Å²) in [6.07, 6.45) is 5.01. The van der Waals surface area contributed by atoms with Crippen molar-refractivity contribution in [2.24, 2.45) is 5.92 Å². The van der Waals surface area contributed by atoms with Crippen LogP contribution in [0.4, 0.5) is 5.00 Å². The minimum absolute atomic E-state index is 0.102. The molecule has 0 bridgehead atoms. The van der Waals surface area contributed by atoms with Crippen LogP contribution in [0.15, 0.2) is 0 Å². The molecule has 0 radical (unpaired) electrons. The van der Waals surface area contributed by atoms with Gasteiger partial charge in [0.2, 0.25) is 11.8 Å². The Kier molecular flexibility index (Phi) is 7.17. The zero-order valence-electron chi connectivity index (χ0n) is 19.2. The van der Waals surface area contributed by atoms with E-state index in [-0.39, 0.29) is 30.4 Å². The van der Waals surface area contributed by atoms with Gasteiger partial charge in [-0.2, -0.15) is 0 Å². The number of carbonyl (C=O) groups excluding carboxylic acids is 3. The lowest BCUT2D eigenvalue weighted by Crippen LogP contribution is -2.55. The Morgan fingerprint density at radius 3 is 2.53 bits per heavy atom. The van der Waals surface area contributed by atoms with Crippen molar-refractivity contribution >= 4 is 34.1 Å². The van der Waals surface area contributed by atoms with Gasteiger partial charge >= 0.3 is 5.97 Å². The summed E-state index contributed by atoms with van der Waals surface area (Å²) < 4.78 is 5.01. The van der Waals surface area contributed by atoms with E-state index in [9.17, 15) is 14.4 Å². The number of rotatable bonds is 7. The topological polar surface area (TPSA) is 91.0 Å². The molecule has 32 heavy (non-hydrogen) atoms. The molecule has 0 aromatic carbocycles. The number of esters is 1. The molecule has 8 nitrogen and oxygen atoms in total. The van der Waals surface area contributed by atoms with E-state index in [2.05, 4.69) is 27.4 Å². The predicted molar refractivity (Wildman–Crippen MR) is 124 cm³/mol. The second kappa shape index (κ2) is 9.89. The second-order valence-corrected chi connectivity index (χ2v) is 10.5. The lowest BCUT2D eigenvalue weighted by Gasteiger charge is -2.37. The van der Waals surface area contributed by atoms with Gasteiger partial charge in [-0.05, 0) is 50.5 Å². The number of hydrogen-bond acceptors (Lipinski definition) is 7. The van der Waals surface area contributed by atoms with Crippen LogP contribution in [-0.2, 0) is 27.2 Å². The van der Waals surface area contributed by atoms with E-state index in [4.69, 9.17) is 4.74 Å². The van der Waals surface area contributed by atoms with Gasteiger partial charge in [0.05, 0.1) is 25.3 Å². The van der Waals surface area contributed by atoms with Gasteiger partial charge in [0.1, 0.15) is 5.00 Å². The molecular weight excluding hydrogens is 428 g/mol. The minimum atomic E-state index is -0.376. The van der Waals surface area contributed by atoms with Crippen LogP contribution in [0.5, 0.6) is 0 Å². The van der Waals surface area contributed by atoms with Crippen molar-refractivity contribution in [3.63, 3.8) is 0 Å². The summed E-state index contributed by atoms with van der Waals surface area (Å²) in [5.41, 5.74) is 1.58. The van der Waals surface area contributed by atoms with E-state index >= 15 is 0 Å². The highest BCUT2D eigenvalue weighted by molar-refractivity contribution is 7.17. The summed E-state index contributed by atoms with van der Waals surface area (Å²) in [6, 6.07) is 0.227. The number of fused-ring (bicyclic) bond motifs is 1. The highest BCUT2D eigenvalue weighted by Crippen LogP contribution is 2.40. The molecule has 2 N–H and O–H groups in total. The third-order valence-corrected chi connectivity index (χ3v) is 7.95. The Morgan fingerprint density at radius 1 is 1.16 bits per heavy atom. The second-order valence-electron chi connectivity index (χ2n) is 9.37. The van der Waals surface area contributed by atoms with Crippen molar-refractivity contribution < 1.29 is 19.1 Å². The van der Waals surface area contributed by atoms with Gasteiger partial charge < -0.3 is 15.4 Å². The molecule has 2 aliphatic carbocycles. The molecule has 1 saturated heterocycles. The Hall–Kier alpha value is -1.97. The monoisotopic (exact) mass is 462 g/mol. The van der Waals surface area contributed by atoms with Gasteiger partial charge in [0.15, 0.2) is 0 Å². The van der Waals surface area contributed by atoms with Crippen molar-refractivity contribution in [1.29, 1.82) is 0 Å². The summed E-state index contributed by atoms with van der Waals surface area (Å²) in [4.78, 5) is 43.0. The van der Waals surface area contributed by atoms with Crippen molar-refractivity contribution in [3.05, 3.63) is 16.0 Å². The van der Waals surface area contributed by atoms with Crippen LogP contribution in [0.3, 0.4) is 0 Å². The van der Waals surface area contributed by atoms with E-state index in [1.165, 1.54) is 23.3 Å². The normalized spacial score (nSPS) is 22.7. The lowest BCUT2D eigenvalue weighted by molar-refractivity contribution is -0.127. The first-order valence-corrected chi connectivity index (χ1v) is 12.5. The molecule has 2 unspecified atom stereocenters. The molecule has 1 aromatic heterocycles. The number of ether oxygens (including phenoxy) is 1. The predicted octanol–water partition coefficient (Wildman–Crippen LogP) is 1.88. The standard InChI is InChI=1S/C23H34N4O4S/c1-14-4-7-17-18(12-14)32-22(20(17)23(30)31-3)25-19(28)13-26-8-10-27(11-9-26)15(2)21(29)24-16-5-6-16/h14-16H,4-13H2,1-3H3,(H,24,29)(H,25,28). The zero-order valence-corrected chi connectivity index (χ0v) is 20.1. The van der Waals surface area contributed by atoms with E-state index in [1.807, 2.05) is 6.92 Å². The zero-order chi connectivity index (χ0) is 22.8. The molecular formula is C23H34N4O4S. The number of anilines is 1. The van der Waals surface area contributed by atoms with E-state index in [0.29, 0.717) is 22.5 Å². The van der Waals surface area contributed by atoms with Crippen molar-refractivity contribution in [2.45, 2.75) is 58.0 Å². The Labute approximate surface area is 193 Å². The molecule has 176 valence electrons.